The summed E-state index contributed by atoms with van der Waals surface area (Å²) in [6, 6.07) is 9.32. The Morgan fingerprint density at radius 2 is 2.10 bits per heavy atom. The first kappa shape index (κ1) is 20.4. The first-order valence-corrected chi connectivity index (χ1v) is 12.1. The summed E-state index contributed by atoms with van der Waals surface area (Å²) in [5.41, 5.74) is 3.46. The highest BCUT2D eigenvalue weighted by atomic mass is 32.2. The fourth-order valence-electron chi connectivity index (χ4n) is 5.06. The van der Waals surface area contributed by atoms with Gasteiger partial charge in [-0.25, -0.2) is 0 Å². The Balaban J connectivity index is 1.42. The molecule has 2 aromatic rings. The summed E-state index contributed by atoms with van der Waals surface area (Å²) < 4.78 is 5.54. The molecule has 3 N–H and O–H groups in total. The predicted molar refractivity (Wildman–Crippen MR) is 125 cm³/mol. The Morgan fingerprint density at radius 1 is 1.27 bits per heavy atom. The lowest BCUT2D eigenvalue weighted by Crippen LogP contribution is -2.44. The zero-order chi connectivity index (χ0) is 20.7. The Kier molecular flexibility index (Phi) is 5.79. The molecule has 4 atom stereocenters. The van der Waals surface area contributed by atoms with E-state index in [-0.39, 0.29) is 17.3 Å². The molecule has 0 aliphatic carbocycles. The average Bonchev–Trinajstić information content (AvgIpc) is 3.52. The highest BCUT2D eigenvalue weighted by molar-refractivity contribution is 8.15. The van der Waals surface area contributed by atoms with Crippen molar-refractivity contribution in [1.29, 1.82) is 0 Å². The molecule has 3 aliphatic rings. The van der Waals surface area contributed by atoms with E-state index in [1.165, 1.54) is 16.6 Å². The van der Waals surface area contributed by atoms with E-state index in [0.717, 1.165) is 56.2 Å². The van der Waals surface area contributed by atoms with Crippen molar-refractivity contribution in [3.63, 3.8) is 0 Å². The highest BCUT2D eigenvalue weighted by Gasteiger charge is 2.38. The fourth-order valence-corrected chi connectivity index (χ4v) is 6.20. The number of nitrogens with zero attached hydrogens (tertiary/aromatic N) is 2. The van der Waals surface area contributed by atoms with Crippen LogP contribution in [0.3, 0.4) is 0 Å². The van der Waals surface area contributed by atoms with Gasteiger partial charge in [-0.1, -0.05) is 30.8 Å². The second-order valence-corrected chi connectivity index (χ2v) is 10.2. The van der Waals surface area contributed by atoms with E-state index in [4.69, 9.17) is 9.73 Å². The molecule has 1 aromatic heterocycles. The van der Waals surface area contributed by atoms with E-state index in [1.807, 2.05) is 0 Å². The van der Waals surface area contributed by atoms with Gasteiger partial charge in [-0.3, -0.25) is 4.99 Å². The van der Waals surface area contributed by atoms with E-state index in [1.54, 1.807) is 11.8 Å². The first-order valence-electron chi connectivity index (χ1n) is 11.2. The molecule has 162 valence electrons. The fraction of sp³-hybridized carbons (Fsp3) is 0.609. The summed E-state index contributed by atoms with van der Waals surface area (Å²) in [5, 5.41) is 16.8. The number of thioether (sulfide) groups is 1. The normalized spacial score (nSPS) is 28.8. The number of aliphatic imine (C=N–C) groups is 1. The zero-order valence-electron chi connectivity index (χ0n) is 17.8. The van der Waals surface area contributed by atoms with Gasteiger partial charge in [-0.15, -0.1) is 0 Å². The van der Waals surface area contributed by atoms with Gasteiger partial charge in [0.15, 0.2) is 0 Å². The second kappa shape index (κ2) is 8.54. The van der Waals surface area contributed by atoms with Crippen LogP contribution in [-0.2, 0) is 4.74 Å². The number of aromatic nitrogens is 1. The summed E-state index contributed by atoms with van der Waals surface area (Å²) >= 11 is 1.77. The number of para-hydroxylation sites is 1. The number of ether oxygens (including phenoxy) is 1. The van der Waals surface area contributed by atoms with Crippen molar-refractivity contribution in [2.45, 2.75) is 62.1 Å². The van der Waals surface area contributed by atoms with Crippen molar-refractivity contribution < 1.29 is 9.84 Å². The molecular formula is C23H32N4O2S. The summed E-state index contributed by atoms with van der Waals surface area (Å²) in [5.74, 6) is 0. The number of aromatic amines is 1. The number of nitrogens with one attached hydrogen (secondary N) is 2. The lowest BCUT2D eigenvalue weighted by Gasteiger charge is -2.33. The smallest absolute Gasteiger partial charge is 0.115 e. The van der Waals surface area contributed by atoms with Crippen LogP contribution in [-0.4, -0.2) is 71.4 Å². The van der Waals surface area contributed by atoms with Crippen LogP contribution in [0.2, 0.25) is 0 Å². The minimum atomic E-state index is -0.424. The standard InChI is InChI=1S/C23H32N4O2S/c1-14-20(22(28)17-6-4-10-24-17)26-23(30-14)18-13-15-5-3-7-19(21(15)25-18)27(2)16-8-11-29-12-9-16/h3,5,7,13-14,16-17,20,22,24-25,28H,4,6,8-12H2,1-2H3/t14?,17?,20-,22?/m1/s1. The van der Waals surface area contributed by atoms with Crippen molar-refractivity contribution >= 4 is 33.4 Å². The van der Waals surface area contributed by atoms with Gasteiger partial charge in [-0.05, 0) is 44.4 Å². The third kappa shape index (κ3) is 3.77. The minimum Gasteiger partial charge on any atom is -0.389 e. The summed E-state index contributed by atoms with van der Waals surface area (Å²) in [6.07, 6.45) is 3.88. The molecule has 0 bridgehead atoms. The van der Waals surface area contributed by atoms with Crippen molar-refractivity contribution in [1.82, 2.24) is 10.3 Å². The Bertz CT molecular complexity index is 917. The largest absolute Gasteiger partial charge is 0.389 e. The molecule has 2 saturated heterocycles. The van der Waals surface area contributed by atoms with Gasteiger partial charge >= 0.3 is 0 Å². The summed E-state index contributed by atoms with van der Waals surface area (Å²) in [4.78, 5) is 11.0. The van der Waals surface area contributed by atoms with Crippen LogP contribution in [0, 0.1) is 0 Å². The van der Waals surface area contributed by atoms with Gasteiger partial charge in [0.25, 0.3) is 0 Å². The van der Waals surface area contributed by atoms with E-state index in [0.29, 0.717) is 6.04 Å². The lowest BCUT2D eigenvalue weighted by molar-refractivity contribution is 0.0855. The maximum atomic E-state index is 10.9. The van der Waals surface area contributed by atoms with Gasteiger partial charge in [0.05, 0.1) is 29.0 Å². The highest BCUT2D eigenvalue weighted by Crippen LogP contribution is 2.36. The van der Waals surface area contributed by atoms with Crippen molar-refractivity contribution in [2.24, 2.45) is 4.99 Å². The molecule has 0 amide bonds. The average molecular weight is 429 g/mol. The molecule has 1 aromatic carbocycles. The number of benzene rings is 1. The van der Waals surface area contributed by atoms with Crippen molar-refractivity contribution in [3.8, 4) is 0 Å². The zero-order valence-corrected chi connectivity index (χ0v) is 18.6. The van der Waals surface area contributed by atoms with Gasteiger partial charge in [-0.2, -0.15) is 0 Å². The van der Waals surface area contributed by atoms with Gasteiger partial charge in [0.2, 0.25) is 0 Å². The van der Waals surface area contributed by atoms with Crippen LogP contribution in [0.25, 0.3) is 10.9 Å². The van der Waals surface area contributed by atoms with Crippen LogP contribution >= 0.6 is 11.8 Å². The van der Waals surface area contributed by atoms with Crippen LogP contribution < -0.4 is 10.2 Å². The number of H-pyrrole nitrogens is 1. The van der Waals surface area contributed by atoms with Crippen molar-refractivity contribution in [3.05, 3.63) is 30.0 Å². The molecule has 0 spiro atoms. The Morgan fingerprint density at radius 3 is 2.87 bits per heavy atom. The molecule has 5 rings (SSSR count). The van der Waals surface area contributed by atoms with E-state index in [2.05, 4.69) is 53.4 Å². The summed E-state index contributed by atoms with van der Waals surface area (Å²) in [6.45, 7) is 4.85. The topological polar surface area (TPSA) is 72.9 Å². The maximum absolute atomic E-state index is 10.9. The molecule has 4 heterocycles. The number of aliphatic hydroxyl groups is 1. The number of anilines is 1. The molecule has 3 unspecified atom stereocenters. The van der Waals surface area contributed by atoms with Crippen LogP contribution in [0.15, 0.2) is 29.3 Å². The van der Waals surface area contributed by atoms with Gasteiger partial charge in [0.1, 0.15) is 5.04 Å². The quantitative estimate of drug-likeness (QED) is 0.682. The van der Waals surface area contributed by atoms with Gasteiger partial charge in [0, 0.05) is 43.0 Å². The minimum absolute atomic E-state index is 0.0589. The Labute approximate surface area is 182 Å². The second-order valence-electron chi connectivity index (χ2n) is 8.82. The van der Waals surface area contributed by atoms with Crippen molar-refractivity contribution in [2.75, 3.05) is 31.7 Å². The predicted octanol–water partition coefficient (Wildman–Crippen LogP) is 3.15. The first-order chi connectivity index (χ1) is 14.6. The van der Waals surface area contributed by atoms with Crippen LogP contribution in [0.5, 0.6) is 0 Å². The SMILES string of the molecule is CC1SC(c2cc3cccc(N(C)C4CCOCC4)c3[nH]2)=N[C@H]1C(O)C1CCCN1. The Hall–Kier alpha value is -1.54. The number of fused-ring (bicyclic) bond motifs is 1. The molecule has 0 saturated carbocycles. The van der Waals surface area contributed by atoms with Crippen LogP contribution in [0.1, 0.15) is 38.3 Å². The molecule has 3 aliphatic heterocycles. The molecule has 2 fully saturated rings. The number of hydrogen-bond acceptors (Lipinski definition) is 6. The van der Waals surface area contributed by atoms with Crippen LogP contribution in [0.4, 0.5) is 5.69 Å². The lowest BCUT2D eigenvalue weighted by atomic mass is 10.00. The van der Waals surface area contributed by atoms with Gasteiger partial charge < -0.3 is 25.0 Å². The monoisotopic (exact) mass is 428 g/mol. The molecule has 7 heteroatoms. The molecule has 30 heavy (non-hydrogen) atoms. The maximum Gasteiger partial charge on any atom is 0.115 e. The van der Waals surface area contributed by atoms with E-state index in [9.17, 15) is 5.11 Å². The molecule has 0 radical (unpaired) electrons. The molecule has 6 nitrogen and oxygen atoms in total. The third-order valence-corrected chi connectivity index (χ3v) is 8.09. The number of aliphatic hydroxyl groups excluding tert-OH is 1. The van der Waals surface area contributed by atoms with E-state index >= 15 is 0 Å². The summed E-state index contributed by atoms with van der Waals surface area (Å²) in [7, 11) is 2.19. The number of hydrogen-bond donors (Lipinski definition) is 3. The third-order valence-electron chi connectivity index (χ3n) is 6.89. The van der Waals surface area contributed by atoms with E-state index < -0.39 is 6.10 Å². The molecular weight excluding hydrogens is 396 g/mol. The number of rotatable bonds is 5.